The topological polar surface area (TPSA) is 0 Å². The smallest absolute Gasteiger partial charge is 1.00 e. The van der Waals surface area contributed by atoms with Gasteiger partial charge in [0.2, 0.25) is 0 Å². The fourth-order valence-corrected chi connectivity index (χ4v) is 0. The molecule has 0 heterocycles. The zero-order valence-electron chi connectivity index (χ0n) is 5.21. The second kappa shape index (κ2) is 56.0. The van der Waals surface area contributed by atoms with E-state index in [1.54, 1.807) is 6.92 Å². The summed E-state index contributed by atoms with van der Waals surface area (Å²) in [6.07, 6.45) is 1.00. The SMILES string of the molecule is [Br-].[CH2-]C.[CH2-]CC.[Mg+2]. The van der Waals surface area contributed by atoms with Crippen molar-refractivity contribution in [2.45, 2.75) is 20.3 Å². The van der Waals surface area contributed by atoms with Gasteiger partial charge in [-0.1, -0.05) is 6.92 Å². The van der Waals surface area contributed by atoms with Crippen LogP contribution in [0.2, 0.25) is 0 Å². The molecule has 0 rings (SSSR count). The molecule has 0 saturated heterocycles. The molecule has 0 aliphatic carbocycles. The van der Waals surface area contributed by atoms with Gasteiger partial charge in [-0.15, -0.1) is 0 Å². The Labute approximate surface area is 74.0 Å². The Bertz CT molecular complexity index is 8.04. The molecule has 0 aliphatic heterocycles. The Morgan fingerprint density at radius 2 is 1.29 bits per heavy atom. The molecule has 0 aromatic heterocycles. The van der Waals surface area contributed by atoms with Gasteiger partial charge in [-0.05, 0) is 0 Å². The van der Waals surface area contributed by atoms with Crippen molar-refractivity contribution in [1.29, 1.82) is 0 Å². The van der Waals surface area contributed by atoms with E-state index >= 15 is 0 Å². The van der Waals surface area contributed by atoms with Crippen molar-refractivity contribution < 1.29 is 17.0 Å². The maximum atomic E-state index is 3.49. The zero-order chi connectivity index (χ0) is 4.71. The van der Waals surface area contributed by atoms with Gasteiger partial charge in [-0.3, -0.25) is 0 Å². The Morgan fingerprint density at radius 3 is 1.29 bits per heavy atom. The Balaban J connectivity index is -0.0000000105. The number of halogens is 1. The minimum atomic E-state index is 0. The molecule has 0 spiro atoms. The second-order valence-electron chi connectivity index (χ2n) is 0.500. The summed E-state index contributed by atoms with van der Waals surface area (Å²) in [5, 5.41) is 0. The third-order valence-corrected chi connectivity index (χ3v) is 0. The van der Waals surface area contributed by atoms with Gasteiger partial charge in [0.1, 0.15) is 0 Å². The summed E-state index contributed by atoms with van der Waals surface area (Å²) in [7, 11) is 0. The quantitative estimate of drug-likeness (QED) is 0.318. The summed E-state index contributed by atoms with van der Waals surface area (Å²) in [6.45, 7) is 10.5. The molecule has 0 amide bonds. The van der Waals surface area contributed by atoms with Crippen LogP contribution in [0.4, 0.5) is 0 Å². The van der Waals surface area contributed by atoms with Crippen LogP contribution in [0.5, 0.6) is 0 Å². The van der Waals surface area contributed by atoms with Crippen LogP contribution in [0, 0.1) is 13.8 Å². The van der Waals surface area contributed by atoms with E-state index < -0.39 is 0 Å². The standard InChI is InChI=1S/C3H7.C2H5.BrH.Mg/c1-3-2;1-2;;/h1,3H2,2H3;1H2,2H3;1H;/q2*-1;;+2/p-1. The van der Waals surface area contributed by atoms with Crippen LogP contribution in [0.3, 0.4) is 0 Å². The molecule has 0 nitrogen and oxygen atoms in total. The first-order valence-electron chi connectivity index (χ1n) is 1.91. The summed E-state index contributed by atoms with van der Waals surface area (Å²) in [4.78, 5) is 0. The van der Waals surface area contributed by atoms with Gasteiger partial charge < -0.3 is 30.8 Å². The van der Waals surface area contributed by atoms with E-state index in [1.807, 2.05) is 6.92 Å². The normalized spacial score (nSPS) is 3.43. The van der Waals surface area contributed by atoms with Crippen molar-refractivity contribution >= 4 is 23.1 Å². The van der Waals surface area contributed by atoms with Crippen LogP contribution in [0.1, 0.15) is 20.3 Å². The Hall–Kier alpha value is 1.25. The van der Waals surface area contributed by atoms with Crippen molar-refractivity contribution in [3.63, 3.8) is 0 Å². The Kier molecular flexibility index (Phi) is 192. The van der Waals surface area contributed by atoms with Gasteiger partial charge >= 0.3 is 23.1 Å². The second-order valence-corrected chi connectivity index (χ2v) is 0.500. The van der Waals surface area contributed by atoms with Gasteiger partial charge in [0.15, 0.2) is 0 Å². The van der Waals surface area contributed by atoms with Crippen LogP contribution < -0.4 is 17.0 Å². The summed E-state index contributed by atoms with van der Waals surface area (Å²) < 4.78 is 0. The van der Waals surface area contributed by atoms with Crippen LogP contribution >= 0.6 is 0 Å². The molecule has 0 unspecified atom stereocenters. The molecule has 0 aromatic rings. The van der Waals surface area contributed by atoms with Crippen molar-refractivity contribution in [1.82, 2.24) is 0 Å². The van der Waals surface area contributed by atoms with E-state index in [9.17, 15) is 0 Å². The van der Waals surface area contributed by atoms with E-state index in [4.69, 9.17) is 0 Å². The zero-order valence-corrected chi connectivity index (χ0v) is 8.21. The third kappa shape index (κ3) is 128. The van der Waals surface area contributed by atoms with Crippen molar-refractivity contribution in [2.75, 3.05) is 0 Å². The van der Waals surface area contributed by atoms with E-state index in [1.165, 1.54) is 0 Å². The van der Waals surface area contributed by atoms with Gasteiger partial charge in [0.05, 0.1) is 0 Å². The van der Waals surface area contributed by atoms with Crippen LogP contribution in [0.15, 0.2) is 0 Å². The molecule has 0 aliphatic rings. The molecule has 0 N–H and O–H groups in total. The minimum Gasteiger partial charge on any atom is -1.00 e. The molecule has 2 heteroatoms. The van der Waals surface area contributed by atoms with Crippen molar-refractivity contribution in [3.05, 3.63) is 13.8 Å². The molecule has 42 valence electrons. The molecule has 0 fully saturated rings. The third-order valence-electron chi connectivity index (χ3n) is 0. The molecule has 7 heavy (non-hydrogen) atoms. The summed E-state index contributed by atoms with van der Waals surface area (Å²) >= 11 is 0. The van der Waals surface area contributed by atoms with Crippen molar-refractivity contribution in [3.8, 4) is 0 Å². The molecule has 0 aromatic carbocycles. The molecule has 0 saturated carbocycles. The first kappa shape index (κ1) is 24.0. The van der Waals surface area contributed by atoms with Gasteiger partial charge in [-0.2, -0.15) is 13.3 Å². The maximum absolute atomic E-state index is 3.49. The van der Waals surface area contributed by atoms with E-state index in [0.717, 1.165) is 6.42 Å². The van der Waals surface area contributed by atoms with Crippen LogP contribution in [-0.4, -0.2) is 23.1 Å². The summed E-state index contributed by atoms with van der Waals surface area (Å²) in [5.41, 5.74) is 0. The Morgan fingerprint density at radius 1 is 1.29 bits per heavy atom. The van der Waals surface area contributed by atoms with E-state index in [0.29, 0.717) is 0 Å². The predicted molar refractivity (Wildman–Crippen MR) is 32.4 cm³/mol. The molecular formula is C5H12BrMg-. The fourth-order valence-electron chi connectivity index (χ4n) is 0. The minimum absolute atomic E-state index is 0. The number of hydrogen-bond donors (Lipinski definition) is 0. The van der Waals surface area contributed by atoms with Gasteiger partial charge in [0.25, 0.3) is 0 Å². The first-order chi connectivity index (χ1) is 2.41. The van der Waals surface area contributed by atoms with E-state index in [-0.39, 0.29) is 40.0 Å². The average Bonchev–Trinajstić information content (AvgIpc) is 1.46. The number of rotatable bonds is 0. The monoisotopic (exact) mass is 175 g/mol. The van der Waals surface area contributed by atoms with Crippen molar-refractivity contribution in [2.24, 2.45) is 0 Å². The maximum Gasteiger partial charge on any atom is 2.00 e. The predicted octanol–water partition coefficient (Wildman–Crippen LogP) is -1.31. The average molecular weight is 176 g/mol. The molecule has 0 atom stereocenters. The molecule has 0 bridgehead atoms. The fraction of sp³-hybridized carbons (Fsp3) is 0.600. The largest absolute Gasteiger partial charge is 2.00 e. The van der Waals surface area contributed by atoms with E-state index in [2.05, 4.69) is 13.8 Å². The van der Waals surface area contributed by atoms with Crippen LogP contribution in [0.25, 0.3) is 0 Å². The molecular weight excluding hydrogens is 164 g/mol. The van der Waals surface area contributed by atoms with Gasteiger partial charge in [-0.25, -0.2) is 0 Å². The summed E-state index contributed by atoms with van der Waals surface area (Å²) in [6, 6.07) is 0. The van der Waals surface area contributed by atoms with Crippen LogP contribution in [-0.2, 0) is 0 Å². The summed E-state index contributed by atoms with van der Waals surface area (Å²) in [5.74, 6) is 0. The van der Waals surface area contributed by atoms with Gasteiger partial charge in [0, 0.05) is 0 Å². The molecule has 0 radical (unpaired) electrons. The number of hydrogen-bond acceptors (Lipinski definition) is 0. The first-order valence-corrected chi connectivity index (χ1v) is 1.91.